The van der Waals surface area contributed by atoms with Crippen molar-refractivity contribution < 1.29 is 29.3 Å². The number of aliphatic hydroxyl groups excluding tert-OH is 2. The van der Waals surface area contributed by atoms with E-state index in [2.05, 4.69) is 20.4 Å². The quantitative estimate of drug-likeness (QED) is 0.313. The summed E-state index contributed by atoms with van der Waals surface area (Å²) < 4.78 is 11.0. The summed E-state index contributed by atoms with van der Waals surface area (Å²) in [6.45, 7) is 10.8. The number of unbranched alkanes of at least 4 members (excludes halogenated alkanes) is 2. The Morgan fingerprint density at radius 2 is 2.09 bits per heavy atom. The van der Waals surface area contributed by atoms with Crippen molar-refractivity contribution in [2.45, 2.75) is 90.8 Å². The highest BCUT2D eigenvalue weighted by Gasteiger charge is 2.58. The van der Waals surface area contributed by atoms with Crippen LogP contribution in [0.5, 0.6) is 0 Å². The normalized spacial score (nSPS) is 35.7. The topological polar surface area (TPSA) is 93.1 Å². The van der Waals surface area contributed by atoms with E-state index >= 15 is 0 Å². The van der Waals surface area contributed by atoms with E-state index in [1.807, 2.05) is 6.92 Å². The Morgan fingerprint density at radius 1 is 1.34 bits per heavy atom. The lowest BCUT2D eigenvalue weighted by atomic mass is 9.46. The van der Waals surface area contributed by atoms with Crippen LogP contribution in [0, 0.1) is 22.7 Å². The minimum atomic E-state index is -0.663. The predicted molar refractivity (Wildman–Crippen MR) is 122 cm³/mol. The number of rotatable bonds is 9. The molecule has 2 aliphatic carbocycles. The molecule has 0 saturated heterocycles. The summed E-state index contributed by atoms with van der Waals surface area (Å²) in [6, 6.07) is 0. The van der Waals surface area contributed by atoms with Gasteiger partial charge in [0.15, 0.2) is 0 Å². The largest absolute Gasteiger partial charge is 0.458 e. The maximum atomic E-state index is 12.6. The molecule has 0 bridgehead atoms. The molecule has 0 aromatic carbocycles. The fourth-order valence-electron chi connectivity index (χ4n) is 6.46. The number of hydrogen-bond donors (Lipinski definition) is 2. The average Bonchev–Trinajstić information content (AvgIpc) is 3.19. The third-order valence-electron chi connectivity index (χ3n) is 8.50. The van der Waals surface area contributed by atoms with E-state index in [1.54, 1.807) is 6.08 Å². The van der Waals surface area contributed by atoms with Gasteiger partial charge in [-0.05, 0) is 61.9 Å². The fraction of sp³-hybridized carbons (Fsp3) is 0.769. The molecule has 1 aliphatic heterocycles. The van der Waals surface area contributed by atoms with E-state index in [0.29, 0.717) is 24.8 Å². The third-order valence-corrected chi connectivity index (χ3v) is 8.50. The van der Waals surface area contributed by atoms with Crippen molar-refractivity contribution in [3.8, 4) is 0 Å². The van der Waals surface area contributed by atoms with Gasteiger partial charge in [0.2, 0.25) is 0 Å². The second-order valence-corrected chi connectivity index (χ2v) is 10.5. The Hall–Kier alpha value is -1.66. The first kappa shape index (κ1) is 25.0. The van der Waals surface area contributed by atoms with E-state index in [9.17, 15) is 19.8 Å². The minimum absolute atomic E-state index is 0.0161. The number of allylic oxidation sites excluding steroid dienone is 1. The molecule has 3 rings (SSSR count). The lowest BCUT2D eigenvalue weighted by molar-refractivity contribution is -0.160. The van der Waals surface area contributed by atoms with Gasteiger partial charge >= 0.3 is 11.9 Å². The molecule has 0 aromatic heterocycles. The monoisotopic (exact) mass is 448 g/mol. The number of cyclic esters (lactones) is 1. The van der Waals surface area contributed by atoms with Gasteiger partial charge in [-0.2, -0.15) is 0 Å². The molecule has 6 nitrogen and oxygen atoms in total. The van der Waals surface area contributed by atoms with Gasteiger partial charge in [0.25, 0.3) is 0 Å². The molecule has 6 atom stereocenters. The van der Waals surface area contributed by atoms with Gasteiger partial charge in [-0.25, -0.2) is 4.79 Å². The van der Waals surface area contributed by atoms with Crippen molar-refractivity contribution in [1.29, 1.82) is 0 Å². The molecule has 0 radical (unpaired) electrons. The molecule has 0 amide bonds. The number of fused-ring (bicyclic) bond motifs is 1. The first-order valence-electron chi connectivity index (χ1n) is 12.2. The predicted octanol–water partition coefficient (Wildman–Crippen LogP) is 4.09. The van der Waals surface area contributed by atoms with E-state index < -0.39 is 23.6 Å². The maximum absolute atomic E-state index is 12.6. The molecule has 6 heteroatoms. The van der Waals surface area contributed by atoms with Crippen LogP contribution >= 0.6 is 0 Å². The van der Waals surface area contributed by atoms with Gasteiger partial charge in [0.05, 0.1) is 18.3 Å². The van der Waals surface area contributed by atoms with Crippen molar-refractivity contribution in [2.24, 2.45) is 22.7 Å². The van der Waals surface area contributed by atoms with Crippen molar-refractivity contribution >= 4 is 11.9 Å². The summed E-state index contributed by atoms with van der Waals surface area (Å²) in [4.78, 5) is 24.9. The Kier molecular flexibility index (Phi) is 7.87. The fourth-order valence-corrected chi connectivity index (χ4v) is 6.46. The smallest absolute Gasteiger partial charge is 0.337 e. The third kappa shape index (κ3) is 4.67. The van der Waals surface area contributed by atoms with E-state index in [0.717, 1.165) is 44.1 Å². The Morgan fingerprint density at radius 3 is 2.72 bits per heavy atom. The van der Waals surface area contributed by atoms with Gasteiger partial charge in [-0.15, -0.1) is 0 Å². The Bertz CT molecular complexity index is 757. The van der Waals surface area contributed by atoms with E-state index in [-0.39, 0.29) is 36.4 Å². The van der Waals surface area contributed by atoms with Crippen LogP contribution < -0.4 is 0 Å². The second-order valence-electron chi connectivity index (χ2n) is 10.5. The van der Waals surface area contributed by atoms with Gasteiger partial charge in [0, 0.05) is 11.8 Å². The molecule has 0 spiro atoms. The SMILES string of the molecule is C=C1CC[C@@H]2[C@](C)(CO)[C@H](O)CC[C@@]2(C)[C@@H]1CC(OC(=O)CCCCC)C1=CCOC1=O. The van der Waals surface area contributed by atoms with Crippen LogP contribution in [0.3, 0.4) is 0 Å². The number of carbonyl (C=O) groups excluding carboxylic acids is 2. The summed E-state index contributed by atoms with van der Waals surface area (Å²) in [5.74, 6) is -0.572. The first-order valence-corrected chi connectivity index (χ1v) is 12.2. The van der Waals surface area contributed by atoms with Crippen LogP contribution in [0.25, 0.3) is 0 Å². The zero-order chi connectivity index (χ0) is 23.5. The van der Waals surface area contributed by atoms with Crippen LogP contribution in [0.2, 0.25) is 0 Å². The highest BCUT2D eigenvalue weighted by molar-refractivity contribution is 5.92. The van der Waals surface area contributed by atoms with Gasteiger partial charge in [-0.3, -0.25) is 4.79 Å². The van der Waals surface area contributed by atoms with Gasteiger partial charge < -0.3 is 19.7 Å². The lowest BCUT2D eigenvalue weighted by Gasteiger charge is -2.60. The van der Waals surface area contributed by atoms with Crippen molar-refractivity contribution in [1.82, 2.24) is 0 Å². The van der Waals surface area contributed by atoms with Crippen molar-refractivity contribution in [3.05, 3.63) is 23.8 Å². The molecule has 0 aromatic rings. The maximum Gasteiger partial charge on any atom is 0.337 e. The molecular formula is C26H40O6. The van der Waals surface area contributed by atoms with Gasteiger partial charge in [-0.1, -0.05) is 45.8 Å². The molecule has 2 saturated carbocycles. The van der Waals surface area contributed by atoms with Crippen LogP contribution in [0.4, 0.5) is 0 Å². The minimum Gasteiger partial charge on any atom is -0.458 e. The molecule has 1 unspecified atom stereocenters. The molecule has 1 heterocycles. The highest BCUT2D eigenvalue weighted by Crippen LogP contribution is 2.62. The van der Waals surface area contributed by atoms with E-state index in [1.165, 1.54) is 0 Å². The van der Waals surface area contributed by atoms with Crippen LogP contribution in [0.15, 0.2) is 23.8 Å². The summed E-state index contributed by atoms with van der Waals surface area (Å²) >= 11 is 0. The number of carbonyl (C=O) groups is 2. The molecule has 180 valence electrons. The highest BCUT2D eigenvalue weighted by atomic mass is 16.6. The van der Waals surface area contributed by atoms with Crippen molar-refractivity contribution in [2.75, 3.05) is 13.2 Å². The Balaban J connectivity index is 1.86. The number of hydrogen-bond acceptors (Lipinski definition) is 6. The second kappa shape index (κ2) is 10.1. The standard InChI is InChI=1S/C26H40O6/c1-5-6-7-8-23(29)32-20(18-12-14-31-24(18)30)15-19-17(2)9-10-21-25(19,3)13-11-22(28)26(21,4)16-27/h12,19-22,27-28H,2,5-11,13-16H2,1,3-4H3/t19-,20?,21+,22-,25+,26+/m1/s1. The number of esters is 2. The van der Waals surface area contributed by atoms with Crippen LogP contribution in [-0.4, -0.2) is 47.6 Å². The summed E-state index contributed by atoms with van der Waals surface area (Å²) in [6.07, 6.45) is 7.17. The van der Waals surface area contributed by atoms with Gasteiger partial charge in [0.1, 0.15) is 12.7 Å². The van der Waals surface area contributed by atoms with Crippen LogP contribution in [0.1, 0.15) is 78.6 Å². The summed E-state index contributed by atoms with van der Waals surface area (Å²) in [5.41, 5.74) is 0.735. The average molecular weight is 449 g/mol. The molecular weight excluding hydrogens is 408 g/mol. The zero-order valence-corrected chi connectivity index (χ0v) is 19.9. The first-order chi connectivity index (χ1) is 15.2. The molecule has 2 N–H and O–H groups in total. The zero-order valence-electron chi connectivity index (χ0n) is 19.9. The van der Waals surface area contributed by atoms with E-state index in [4.69, 9.17) is 9.47 Å². The number of aliphatic hydroxyl groups is 2. The number of ether oxygens (including phenoxy) is 2. The van der Waals surface area contributed by atoms with Crippen LogP contribution in [-0.2, 0) is 19.1 Å². The summed E-state index contributed by atoms with van der Waals surface area (Å²) in [5, 5.41) is 20.9. The molecule has 2 fully saturated rings. The summed E-state index contributed by atoms with van der Waals surface area (Å²) in [7, 11) is 0. The molecule has 3 aliphatic rings. The lowest BCUT2D eigenvalue weighted by Crippen LogP contribution is -2.57. The Labute approximate surface area is 192 Å². The molecule has 32 heavy (non-hydrogen) atoms. The van der Waals surface area contributed by atoms with Crippen molar-refractivity contribution in [3.63, 3.8) is 0 Å².